The number of likely N-dealkylation sites (tertiary alicyclic amines) is 1. The normalized spacial score (nSPS) is 17.0. The third-order valence-electron chi connectivity index (χ3n) is 4.23. The van der Waals surface area contributed by atoms with Gasteiger partial charge in [-0.25, -0.2) is 4.79 Å². The molecule has 0 aromatic heterocycles. The van der Waals surface area contributed by atoms with Gasteiger partial charge in [0.2, 0.25) is 11.8 Å². The summed E-state index contributed by atoms with van der Waals surface area (Å²) in [4.78, 5) is 37.6. The zero-order chi connectivity index (χ0) is 17.5. The number of benzene rings is 1. The number of amides is 4. The van der Waals surface area contributed by atoms with Gasteiger partial charge in [-0.05, 0) is 38.4 Å². The van der Waals surface area contributed by atoms with Gasteiger partial charge in [-0.2, -0.15) is 0 Å². The Morgan fingerprint density at radius 2 is 1.83 bits per heavy atom. The van der Waals surface area contributed by atoms with E-state index in [4.69, 9.17) is 5.73 Å². The highest BCUT2D eigenvalue weighted by atomic mass is 16.2. The highest BCUT2D eigenvalue weighted by Gasteiger charge is 2.33. The van der Waals surface area contributed by atoms with Crippen molar-refractivity contribution in [3.63, 3.8) is 0 Å². The van der Waals surface area contributed by atoms with Gasteiger partial charge in [-0.1, -0.05) is 30.3 Å². The lowest BCUT2D eigenvalue weighted by atomic mass is 9.93. The number of hydrogen-bond acceptors (Lipinski definition) is 4. The Labute approximate surface area is 141 Å². The molecule has 7 heteroatoms. The minimum atomic E-state index is -0.567. The van der Waals surface area contributed by atoms with Crippen LogP contribution in [0.4, 0.5) is 4.79 Å². The van der Waals surface area contributed by atoms with Crippen molar-refractivity contribution in [2.24, 2.45) is 11.7 Å². The highest BCUT2D eigenvalue weighted by molar-refractivity contribution is 5.97. The van der Waals surface area contributed by atoms with Crippen molar-refractivity contribution in [3.8, 4) is 0 Å². The van der Waals surface area contributed by atoms with Crippen LogP contribution in [0.3, 0.4) is 0 Å². The summed E-state index contributed by atoms with van der Waals surface area (Å²) in [6.07, 6.45) is 1.24. The molecule has 0 bridgehead atoms. The van der Waals surface area contributed by atoms with Gasteiger partial charge >= 0.3 is 6.03 Å². The Kier molecular flexibility index (Phi) is 6.31. The summed E-state index contributed by atoms with van der Waals surface area (Å²) >= 11 is 0. The van der Waals surface area contributed by atoms with E-state index in [0.29, 0.717) is 32.5 Å². The van der Waals surface area contributed by atoms with Crippen LogP contribution in [-0.2, 0) is 9.59 Å². The molecule has 1 aliphatic rings. The van der Waals surface area contributed by atoms with E-state index in [1.807, 2.05) is 35.2 Å². The maximum Gasteiger partial charge on any atom is 0.321 e. The molecule has 1 atom stereocenters. The van der Waals surface area contributed by atoms with Crippen LogP contribution in [-0.4, -0.2) is 42.4 Å². The Balaban J connectivity index is 2.14. The highest BCUT2D eigenvalue weighted by Crippen LogP contribution is 2.27. The molecule has 0 saturated carbocycles. The van der Waals surface area contributed by atoms with Gasteiger partial charge in [-0.15, -0.1) is 0 Å². The molecule has 0 aliphatic carbocycles. The maximum absolute atomic E-state index is 12.6. The first-order valence-corrected chi connectivity index (χ1v) is 8.20. The molecule has 24 heavy (non-hydrogen) atoms. The summed E-state index contributed by atoms with van der Waals surface area (Å²) in [6.45, 7) is 3.39. The van der Waals surface area contributed by atoms with Crippen LogP contribution >= 0.6 is 0 Å². The third kappa shape index (κ3) is 4.55. The van der Waals surface area contributed by atoms with E-state index in [-0.39, 0.29) is 17.7 Å². The molecule has 1 heterocycles. The average Bonchev–Trinajstić information content (AvgIpc) is 2.56. The van der Waals surface area contributed by atoms with E-state index >= 15 is 0 Å². The number of carbonyl (C=O) groups is 3. The summed E-state index contributed by atoms with van der Waals surface area (Å²) in [6, 6.07) is 8.25. The maximum atomic E-state index is 12.6. The second-order valence-corrected chi connectivity index (χ2v) is 5.87. The first kappa shape index (κ1) is 17.9. The van der Waals surface area contributed by atoms with Crippen molar-refractivity contribution in [3.05, 3.63) is 35.9 Å². The van der Waals surface area contributed by atoms with Crippen molar-refractivity contribution in [1.29, 1.82) is 0 Å². The van der Waals surface area contributed by atoms with E-state index in [9.17, 15) is 14.4 Å². The molecule has 4 amide bonds. The van der Waals surface area contributed by atoms with Crippen molar-refractivity contribution >= 4 is 17.8 Å². The van der Waals surface area contributed by atoms with Crippen LogP contribution in [0.2, 0.25) is 0 Å². The molecule has 2 rings (SSSR count). The second kappa shape index (κ2) is 8.44. The number of nitrogens with two attached hydrogens (primary N) is 1. The number of carbonyl (C=O) groups excluding carboxylic acids is 3. The van der Waals surface area contributed by atoms with Gasteiger partial charge in [0.05, 0.1) is 0 Å². The fraction of sp³-hybridized carbons (Fsp3) is 0.471. The van der Waals surface area contributed by atoms with Crippen LogP contribution in [0, 0.1) is 5.92 Å². The lowest BCUT2D eigenvalue weighted by Gasteiger charge is -2.36. The summed E-state index contributed by atoms with van der Waals surface area (Å²) in [5, 5.41) is 4.95. The van der Waals surface area contributed by atoms with E-state index in [2.05, 4.69) is 10.6 Å². The first-order chi connectivity index (χ1) is 11.5. The monoisotopic (exact) mass is 332 g/mol. The Morgan fingerprint density at radius 3 is 2.38 bits per heavy atom. The van der Waals surface area contributed by atoms with Gasteiger partial charge < -0.3 is 11.1 Å². The topological polar surface area (TPSA) is 105 Å². The molecule has 7 nitrogen and oxygen atoms in total. The van der Waals surface area contributed by atoms with Gasteiger partial charge in [0.1, 0.15) is 6.04 Å². The SMILES string of the molecule is CCNC(=O)NC(=O)[C@@H](c1ccccc1)N1CCC(C(N)=O)CC1. The third-order valence-corrected chi connectivity index (χ3v) is 4.23. The van der Waals surface area contributed by atoms with Crippen molar-refractivity contribution in [2.75, 3.05) is 19.6 Å². The standard InChI is InChI=1S/C17H24N4O3/c1-2-19-17(24)20-16(23)14(12-6-4-3-5-7-12)21-10-8-13(9-11-21)15(18)22/h3-7,13-14H,2,8-11H2,1H3,(H2,18,22)(H2,19,20,23,24)/t14-/m1/s1. The van der Waals surface area contributed by atoms with Gasteiger partial charge in [0.25, 0.3) is 0 Å². The molecule has 1 aromatic carbocycles. The lowest BCUT2D eigenvalue weighted by Crippen LogP contribution is -2.49. The van der Waals surface area contributed by atoms with Crippen molar-refractivity contribution < 1.29 is 14.4 Å². The number of nitrogens with one attached hydrogen (secondary N) is 2. The lowest BCUT2D eigenvalue weighted by molar-refractivity contribution is -0.127. The predicted octanol–water partition coefficient (Wildman–Crippen LogP) is 0.771. The molecule has 4 N–H and O–H groups in total. The van der Waals surface area contributed by atoms with E-state index in [1.165, 1.54) is 0 Å². The van der Waals surface area contributed by atoms with Gasteiger partial charge in [0, 0.05) is 12.5 Å². The fourth-order valence-corrected chi connectivity index (χ4v) is 2.99. The second-order valence-electron chi connectivity index (χ2n) is 5.87. The van der Waals surface area contributed by atoms with Gasteiger partial charge in [0.15, 0.2) is 0 Å². The van der Waals surface area contributed by atoms with Crippen LogP contribution in [0.15, 0.2) is 30.3 Å². The molecule has 0 spiro atoms. The summed E-state index contributed by atoms with van der Waals surface area (Å²) in [7, 11) is 0. The Bertz CT molecular complexity index is 583. The Hall–Kier alpha value is -2.41. The summed E-state index contributed by atoms with van der Waals surface area (Å²) in [5.41, 5.74) is 6.19. The van der Waals surface area contributed by atoms with Crippen LogP contribution in [0.1, 0.15) is 31.4 Å². The van der Waals surface area contributed by atoms with Crippen LogP contribution < -0.4 is 16.4 Å². The molecule has 1 aromatic rings. The molecule has 1 aliphatic heterocycles. The smallest absolute Gasteiger partial charge is 0.321 e. The van der Waals surface area contributed by atoms with E-state index in [0.717, 1.165) is 5.56 Å². The van der Waals surface area contributed by atoms with Crippen LogP contribution in [0.5, 0.6) is 0 Å². The first-order valence-electron chi connectivity index (χ1n) is 8.20. The van der Waals surface area contributed by atoms with Gasteiger partial charge in [-0.3, -0.25) is 19.8 Å². The average molecular weight is 332 g/mol. The minimum absolute atomic E-state index is 0.149. The number of hydrogen-bond donors (Lipinski definition) is 3. The Morgan fingerprint density at radius 1 is 1.21 bits per heavy atom. The number of piperidine rings is 1. The van der Waals surface area contributed by atoms with Crippen LogP contribution in [0.25, 0.3) is 0 Å². The largest absolute Gasteiger partial charge is 0.369 e. The molecular weight excluding hydrogens is 308 g/mol. The number of imide groups is 1. The molecule has 0 radical (unpaired) electrons. The molecule has 130 valence electrons. The zero-order valence-electron chi connectivity index (χ0n) is 13.8. The van der Waals surface area contributed by atoms with Crippen molar-refractivity contribution in [1.82, 2.24) is 15.5 Å². The minimum Gasteiger partial charge on any atom is -0.369 e. The molecule has 1 saturated heterocycles. The molecule has 0 unspecified atom stereocenters. The summed E-state index contributed by atoms with van der Waals surface area (Å²) in [5.74, 6) is -0.813. The fourth-order valence-electron chi connectivity index (χ4n) is 2.99. The number of primary amides is 1. The van der Waals surface area contributed by atoms with E-state index in [1.54, 1.807) is 6.92 Å². The number of urea groups is 1. The van der Waals surface area contributed by atoms with Crippen molar-refractivity contribution in [2.45, 2.75) is 25.8 Å². The molecular formula is C17H24N4O3. The number of nitrogens with zero attached hydrogens (tertiary/aromatic N) is 1. The number of rotatable bonds is 5. The zero-order valence-corrected chi connectivity index (χ0v) is 13.8. The predicted molar refractivity (Wildman–Crippen MR) is 89.9 cm³/mol. The van der Waals surface area contributed by atoms with E-state index < -0.39 is 12.1 Å². The quantitative estimate of drug-likeness (QED) is 0.741. The molecule has 1 fully saturated rings. The summed E-state index contributed by atoms with van der Waals surface area (Å²) < 4.78 is 0.